The number of hydrogen-bond donors (Lipinski definition) is 2. The molecule has 132 valence electrons. The zero-order valence-corrected chi connectivity index (χ0v) is 18.6. The van der Waals surface area contributed by atoms with Crippen molar-refractivity contribution in [2.45, 2.75) is 33.9 Å². The Balaban J connectivity index is 0.00000288. The Kier molecular flexibility index (Phi) is 9.14. The average molecular weight is 527 g/mol. The van der Waals surface area contributed by atoms with E-state index in [1.54, 1.807) is 11.3 Å². The van der Waals surface area contributed by atoms with Crippen LogP contribution in [0.5, 0.6) is 0 Å². The second-order valence-electron chi connectivity index (χ2n) is 5.08. The van der Waals surface area contributed by atoms with Gasteiger partial charge in [0.15, 0.2) is 5.96 Å². The SMILES string of the molecule is CCNC(=NCc1cc(F)cc(Br)c1)NCc1nc(C)c(C)s1.I. The third-order valence-electron chi connectivity index (χ3n) is 3.17. The summed E-state index contributed by atoms with van der Waals surface area (Å²) in [5, 5.41) is 7.47. The maximum Gasteiger partial charge on any atom is 0.191 e. The van der Waals surface area contributed by atoms with Gasteiger partial charge in [-0.2, -0.15) is 0 Å². The van der Waals surface area contributed by atoms with Gasteiger partial charge in [0.05, 0.1) is 18.8 Å². The first-order valence-electron chi connectivity index (χ1n) is 7.38. The Labute approximate surface area is 171 Å². The van der Waals surface area contributed by atoms with Crippen LogP contribution in [-0.2, 0) is 13.1 Å². The van der Waals surface area contributed by atoms with Gasteiger partial charge >= 0.3 is 0 Å². The van der Waals surface area contributed by atoms with E-state index >= 15 is 0 Å². The number of hydrogen-bond acceptors (Lipinski definition) is 3. The zero-order chi connectivity index (χ0) is 16.8. The van der Waals surface area contributed by atoms with Crippen LogP contribution >= 0.6 is 51.2 Å². The van der Waals surface area contributed by atoms with Crippen molar-refractivity contribution < 1.29 is 4.39 Å². The molecule has 0 amide bonds. The number of thiazole rings is 1. The van der Waals surface area contributed by atoms with Crippen LogP contribution in [-0.4, -0.2) is 17.5 Å². The van der Waals surface area contributed by atoms with Gasteiger partial charge in [-0.3, -0.25) is 0 Å². The van der Waals surface area contributed by atoms with Gasteiger partial charge in [0, 0.05) is 15.9 Å². The molecular weight excluding hydrogens is 506 g/mol. The maximum absolute atomic E-state index is 13.4. The van der Waals surface area contributed by atoms with Crippen LogP contribution in [0.15, 0.2) is 27.7 Å². The van der Waals surface area contributed by atoms with Crippen molar-refractivity contribution in [2.24, 2.45) is 4.99 Å². The highest BCUT2D eigenvalue weighted by molar-refractivity contribution is 14.0. The number of nitrogens with zero attached hydrogens (tertiary/aromatic N) is 2. The fourth-order valence-electron chi connectivity index (χ4n) is 1.99. The Hall–Kier alpha value is -0.740. The summed E-state index contributed by atoms with van der Waals surface area (Å²) in [5.41, 5.74) is 1.88. The van der Waals surface area contributed by atoms with Gasteiger partial charge in [-0.05, 0) is 44.5 Å². The number of aryl methyl sites for hydroxylation is 2. The molecule has 2 aromatic rings. The van der Waals surface area contributed by atoms with Gasteiger partial charge < -0.3 is 10.6 Å². The smallest absolute Gasteiger partial charge is 0.191 e. The van der Waals surface area contributed by atoms with Crippen LogP contribution in [0.3, 0.4) is 0 Å². The molecule has 2 rings (SSSR count). The van der Waals surface area contributed by atoms with E-state index < -0.39 is 0 Å². The number of benzene rings is 1. The first kappa shape index (κ1) is 21.3. The molecule has 0 fully saturated rings. The predicted molar refractivity (Wildman–Crippen MR) is 113 cm³/mol. The van der Waals surface area contributed by atoms with Gasteiger partial charge in [-0.25, -0.2) is 14.4 Å². The van der Waals surface area contributed by atoms with E-state index in [0.717, 1.165) is 27.3 Å². The molecule has 4 nitrogen and oxygen atoms in total. The molecule has 1 aromatic heterocycles. The molecule has 0 bridgehead atoms. The third-order valence-corrected chi connectivity index (χ3v) is 4.70. The predicted octanol–water partition coefficient (Wildman–Crippen LogP) is 4.53. The Bertz CT molecular complexity index is 666. The summed E-state index contributed by atoms with van der Waals surface area (Å²) in [6, 6.07) is 4.79. The number of guanidine groups is 1. The fraction of sp³-hybridized carbons (Fsp3) is 0.375. The van der Waals surface area contributed by atoms with Crippen molar-refractivity contribution in [3.05, 3.63) is 49.6 Å². The Morgan fingerprint density at radius 1 is 1.29 bits per heavy atom. The lowest BCUT2D eigenvalue weighted by atomic mass is 10.2. The summed E-state index contributed by atoms with van der Waals surface area (Å²) in [6.45, 7) is 7.87. The molecule has 0 radical (unpaired) electrons. The summed E-state index contributed by atoms with van der Waals surface area (Å²) in [4.78, 5) is 10.2. The molecule has 0 saturated carbocycles. The molecule has 0 aliphatic carbocycles. The van der Waals surface area contributed by atoms with Crippen LogP contribution in [0.25, 0.3) is 0 Å². The van der Waals surface area contributed by atoms with Crippen LogP contribution in [0.2, 0.25) is 0 Å². The number of rotatable bonds is 5. The number of aromatic nitrogens is 1. The summed E-state index contributed by atoms with van der Waals surface area (Å²) in [6.07, 6.45) is 0. The second kappa shape index (κ2) is 10.3. The first-order chi connectivity index (χ1) is 11.0. The van der Waals surface area contributed by atoms with Gasteiger partial charge in [0.1, 0.15) is 10.8 Å². The molecule has 0 atom stereocenters. The van der Waals surface area contributed by atoms with Crippen molar-refractivity contribution in [2.75, 3.05) is 6.54 Å². The fourth-order valence-corrected chi connectivity index (χ4v) is 3.37. The monoisotopic (exact) mass is 526 g/mol. The molecule has 1 heterocycles. The zero-order valence-electron chi connectivity index (χ0n) is 13.8. The largest absolute Gasteiger partial charge is 0.357 e. The molecule has 0 aliphatic rings. The van der Waals surface area contributed by atoms with Crippen LogP contribution in [0.1, 0.15) is 28.1 Å². The minimum Gasteiger partial charge on any atom is -0.357 e. The normalized spacial score (nSPS) is 11.1. The van der Waals surface area contributed by atoms with Gasteiger partial charge in [-0.1, -0.05) is 15.9 Å². The number of nitrogens with one attached hydrogen (secondary N) is 2. The molecule has 2 N–H and O–H groups in total. The first-order valence-corrected chi connectivity index (χ1v) is 8.99. The lowest BCUT2D eigenvalue weighted by molar-refractivity contribution is 0.624. The highest BCUT2D eigenvalue weighted by Gasteiger charge is 2.05. The van der Waals surface area contributed by atoms with E-state index in [1.807, 2.05) is 19.9 Å². The molecule has 1 aromatic carbocycles. The standard InChI is InChI=1S/C16H20BrFN4S.HI/c1-4-19-16(21-9-15-22-10(2)11(3)23-15)20-8-12-5-13(17)7-14(18)6-12;/h5-7H,4,8-9H2,1-3H3,(H2,19,20,21);1H. The van der Waals surface area contributed by atoms with Crippen molar-refractivity contribution in [3.8, 4) is 0 Å². The third kappa shape index (κ3) is 6.64. The van der Waals surface area contributed by atoms with E-state index in [0.29, 0.717) is 19.0 Å². The molecule has 0 saturated heterocycles. The van der Waals surface area contributed by atoms with Crippen LogP contribution < -0.4 is 10.6 Å². The molecule has 0 aliphatic heterocycles. The molecule has 0 spiro atoms. The summed E-state index contributed by atoms with van der Waals surface area (Å²) >= 11 is 4.98. The number of aliphatic imine (C=N–C) groups is 1. The Morgan fingerprint density at radius 2 is 2.04 bits per heavy atom. The molecular formula is C16H21BrFIN4S. The number of halogens is 3. The van der Waals surface area contributed by atoms with E-state index in [-0.39, 0.29) is 29.8 Å². The minimum absolute atomic E-state index is 0. The van der Waals surface area contributed by atoms with Gasteiger partial charge in [0.25, 0.3) is 0 Å². The lowest BCUT2D eigenvalue weighted by Gasteiger charge is -2.10. The van der Waals surface area contributed by atoms with Gasteiger partial charge in [-0.15, -0.1) is 35.3 Å². The molecule has 0 unspecified atom stereocenters. The van der Waals surface area contributed by atoms with Crippen molar-refractivity contribution in [1.82, 2.24) is 15.6 Å². The van der Waals surface area contributed by atoms with E-state index in [4.69, 9.17) is 0 Å². The minimum atomic E-state index is -0.267. The molecule has 8 heteroatoms. The van der Waals surface area contributed by atoms with Gasteiger partial charge in [0.2, 0.25) is 0 Å². The average Bonchev–Trinajstić information content (AvgIpc) is 2.80. The van der Waals surface area contributed by atoms with E-state index in [9.17, 15) is 4.39 Å². The summed E-state index contributed by atoms with van der Waals surface area (Å²) < 4.78 is 14.1. The highest BCUT2D eigenvalue weighted by Crippen LogP contribution is 2.16. The summed E-state index contributed by atoms with van der Waals surface area (Å²) in [7, 11) is 0. The van der Waals surface area contributed by atoms with E-state index in [2.05, 4.69) is 43.5 Å². The maximum atomic E-state index is 13.4. The topological polar surface area (TPSA) is 49.3 Å². The van der Waals surface area contributed by atoms with Crippen molar-refractivity contribution in [1.29, 1.82) is 0 Å². The highest BCUT2D eigenvalue weighted by atomic mass is 127. The summed E-state index contributed by atoms with van der Waals surface area (Å²) in [5.74, 6) is 0.426. The van der Waals surface area contributed by atoms with Crippen molar-refractivity contribution in [3.63, 3.8) is 0 Å². The van der Waals surface area contributed by atoms with E-state index in [1.165, 1.54) is 17.0 Å². The second-order valence-corrected chi connectivity index (χ2v) is 7.28. The lowest BCUT2D eigenvalue weighted by Crippen LogP contribution is -2.36. The quantitative estimate of drug-likeness (QED) is 0.342. The molecule has 24 heavy (non-hydrogen) atoms. The Morgan fingerprint density at radius 3 is 2.62 bits per heavy atom. The van der Waals surface area contributed by atoms with Crippen molar-refractivity contribution >= 4 is 57.2 Å². The van der Waals surface area contributed by atoms with Crippen LogP contribution in [0.4, 0.5) is 4.39 Å². The van der Waals surface area contributed by atoms with Crippen LogP contribution in [0, 0.1) is 19.7 Å².